The van der Waals surface area contributed by atoms with E-state index in [2.05, 4.69) is 73.1 Å². The highest BCUT2D eigenvalue weighted by molar-refractivity contribution is 8.93. The summed E-state index contributed by atoms with van der Waals surface area (Å²) in [6.07, 6.45) is 6.27. The van der Waals surface area contributed by atoms with Crippen molar-refractivity contribution in [1.82, 2.24) is 16.0 Å². The zero-order valence-electron chi connectivity index (χ0n) is 42.1. The topological polar surface area (TPSA) is 170 Å². The van der Waals surface area contributed by atoms with Crippen molar-refractivity contribution in [1.29, 1.82) is 0 Å². The van der Waals surface area contributed by atoms with Crippen molar-refractivity contribution < 1.29 is 58.4 Å². The molecular formula is C54H78BrN3O12S. The van der Waals surface area contributed by atoms with Crippen LogP contribution < -0.4 is 16.0 Å². The third-order valence-electron chi connectivity index (χ3n) is 14.4. The molecule has 15 nitrogen and oxygen atoms in total. The van der Waals surface area contributed by atoms with Crippen molar-refractivity contribution in [2.75, 3.05) is 61.0 Å². The zero-order valence-corrected chi connectivity index (χ0v) is 44.8. The van der Waals surface area contributed by atoms with Crippen LogP contribution >= 0.6 is 30.5 Å². The van der Waals surface area contributed by atoms with Gasteiger partial charge in [0.25, 0.3) is 0 Å². The summed E-state index contributed by atoms with van der Waals surface area (Å²) >= 11 is 0. The van der Waals surface area contributed by atoms with Gasteiger partial charge >= 0.3 is 17.9 Å². The van der Waals surface area contributed by atoms with Crippen molar-refractivity contribution in [2.45, 2.75) is 126 Å². The normalized spacial score (nSPS) is 24.9. The van der Waals surface area contributed by atoms with Crippen molar-refractivity contribution in [3.8, 4) is 0 Å². The first-order valence-electron chi connectivity index (χ1n) is 24.6. The summed E-state index contributed by atoms with van der Waals surface area (Å²) in [5, 5.41) is 10.7. The second-order valence-electron chi connectivity index (χ2n) is 18.8. The van der Waals surface area contributed by atoms with Gasteiger partial charge in [-0.1, -0.05) is 91.0 Å². The van der Waals surface area contributed by atoms with E-state index < -0.39 is 17.4 Å². The van der Waals surface area contributed by atoms with Gasteiger partial charge in [-0.15, -0.1) is 17.0 Å². The molecule has 3 saturated heterocycles. The minimum atomic E-state index is -0.648. The monoisotopic (exact) mass is 1070 g/mol. The first-order chi connectivity index (χ1) is 33.4. The second-order valence-corrected chi connectivity index (χ2v) is 18.8. The quantitative estimate of drug-likeness (QED) is 0.117. The number of methoxy groups -OCH3 is 3. The van der Waals surface area contributed by atoms with Crippen molar-refractivity contribution in [2.24, 2.45) is 11.8 Å². The Bertz CT molecular complexity index is 2050. The lowest BCUT2D eigenvalue weighted by atomic mass is 9.80. The van der Waals surface area contributed by atoms with Crippen LogP contribution in [-0.2, 0) is 57.0 Å². The van der Waals surface area contributed by atoms with Crippen LogP contribution in [0.25, 0.3) is 0 Å². The maximum absolute atomic E-state index is 12.3. The molecule has 3 aromatic carbocycles. The predicted octanol–water partition coefficient (Wildman–Crippen LogP) is 8.47. The van der Waals surface area contributed by atoms with Gasteiger partial charge in [-0.3, -0.25) is 9.59 Å². The molecular weight excluding hydrogens is 995 g/mol. The Hall–Kier alpha value is -3.88. The molecule has 3 heterocycles. The molecule has 3 aliphatic carbocycles. The number of allylic oxidation sites excluding steroid dienone is 1. The van der Waals surface area contributed by atoms with E-state index in [1.165, 1.54) is 38.0 Å². The van der Waals surface area contributed by atoms with Crippen LogP contribution in [0.3, 0.4) is 0 Å². The van der Waals surface area contributed by atoms with Crippen LogP contribution in [0, 0.1) is 11.8 Å². The lowest BCUT2D eigenvalue weighted by Crippen LogP contribution is -2.51. The van der Waals surface area contributed by atoms with Gasteiger partial charge in [0.2, 0.25) is 0 Å². The summed E-state index contributed by atoms with van der Waals surface area (Å²) in [5.74, 6) is -3.03. The highest BCUT2D eigenvalue weighted by Gasteiger charge is 2.50. The number of carbonyl (C=O) groups is 3. The highest BCUT2D eigenvalue weighted by Crippen LogP contribution is 2.42. The van der Waals surface area contributed by atoms with E-state index in [4.69, 9.17) is 42.6 Å². The molecule has 17 heteroatoms. The molecule has 6 aliphatic rings. The van der Waals surface area contributed by atoms with E-state index >= 15 is 0 Å². The Balaban J connectivity index is 0.000000230. The van der Waals surface area contributed by atoms with Crippen LogP contribution in [0.1, 0.15) is 115 Å². The number of carbonyl (C=O) groups excluding carboxylic acids is 3. The molecule has 3 spiro atoms. The maximum Gasteiger partial charge on any atom is 0.335 e. The molecule has 0 aromatic heterocycles. The molecule has 2 saturated carbocycles. The summed E-state index contributed by atoms with van der Waals surface area (Å²) in [6, 6.07) is 31.3. The minimum Gasteiger partial charge on any atom is -0.469 e. The molecule has 7 atom stereocenters. The van der Waals surface area contributed by atoms with Gasteiger partial charge in [0, 0.05) is 75.9 Å². The van der Waals surface area contributed by atoms with Gasteiger partial charge in [-0.05, 0) is 56.7 Å². The molecule has 0 radical (unpaired) electrons. The van der Waals surface area contributed by atoms with Crippen LogP contribution in [0.5, 0.6) is 0 Å². The molecule has 0 amide bonds. The lowest BCUT2D eigenvalue weighted by molar-refractivity contribution is -0.198. The maximum atomic E-state index is 12.3. The molecule has 0 bridgehead atoms. The van der Waals surface area contributed by atoms with Crippen molar-refractivity contribution in [3.63, 3.8) is 0 Å². The Kier molecular flexibility index (Phi) is 22.4. The number of hydrogen-bond donors (Lipinski definition) is 3. The second kappa shape index (κ2) is 27.4. The summed E-state index contributed by atoms with van der Waals surface area (Å²) in [4.78, 5) is 36.7. The summed E-state index contributed by atoms with van der Waals surface area (Å²) in [5.41, 5.74) is 5.16. The Labute approximate surface area is 438 Å². The lowest BCUT2D eigenvalue weighted by Gasteiger charge is -2.41. The molecule has 3 aromatic rings. The van der Waals surface area contributed by atoms with Crippen molar-refractivity contribution >= 4 is 48.4 Å². The summed E-state index contributed by atoms with van der Waals surface area (Å²) in [6.45, 7) is 9.91. The smallest absolute Gasteiger partial charge is 0.335 e. The van der Waals surface area contributed by atoms with Gasteiger partial charge in [0.15, 0.2) is 17.4 Å². The van der Waals surface area contributed by atoms with E-state index in [-0.39, 0.29) is 91.9 Å². The van der Waals surface area contributed by atoms with E-state index in [9.17, 15) is 14.4 Å². The van der Waals surface area contributed by atoms with E-state index in [1.54, 1.807) is 0 Å². The van der Waals surface area contributed by atoms with Gasteiger partial charge < -0.3 is 58.6 Å². The van der Waals surface area contributed by atoms with Gasteiger partial charge in [-0.2, -0.15) is 13.5 Å². The third kappa shape index (κ3) is 15.1. The average molecular weight is 1070 g/mol. The molecule has 1 unspecified atom stereocenters. The Morgan fingerprint density at radius 2 is 0.915 bits per heavy atom. The van der Waals surface area contributed by atoms with E-state index in [1.807, 2.05) is 54.6 Å². The zero-order chi connectivity index (χ0) is 48.9. The van der Waals surface area contributed by atoms with Crippen LogP contribution in [0.2, 0.25) is 0 Å². The predicted molar refractivity (Wildman–Crippen MR) is 280 cm³/mol. The molecule has 9 rings (SSSR count). The van der Waals surface area contributed by atoms with Gasteiger partial charge in [0.1, 0.15) is 0 Å². The SMILES string of the molecule is Br.COC(=O)C1=C(N[C@H](C)c2ccccc2)CCC2(C1)OCCO2.COC(=O)[C@H]1CC2(CCC1N[C@H](C)c1ccccc1)OCCO2.COC(=O)[C@H]1CC2(CC[C@H]1N[C@H](C)c1ccccc1)OCCO2.S.[HH]. The highest BCUT2D eigenvalue weighted by atomic mass is 79.9. The van der Waals surface area contributed by atoms with Crippen LogP contribution in [-0.4, -0.2) is 108 Å². The fourth-order valence-corrected chi connectivity index (χ4v) is 10.6. The number of benzene rings is 3. The number of hydrogen-bond acceptors (Lipinski definition) is 15. The fourth-order valence-electron chi connectivity index (χ4n) is 10.6. The Morgan fingerprint density at radius 3 is 1.28 bits per heavy atom. The number of rotatable bonds is 12. The number of esters is 3. The van der Waals surface area contributed by atoms with Crippen molar-refractivity contribution in [3.05, 3.63) is 119 Å². The van der Waals surface area contributed by atoms with E-state index in [0.717, 1.165) is 37.8 Å². The summed E-state index contributed by atoms with van der Waals surface area (Å²) in [7, 11) is 4.29. The van der Waals surface area contributed by atoms with E-state index in [0.29, 0.717) is 70.9 Å². The molecule has 3 N–H and O–H groups in total. The molecule has 71 heavy (non-hydrogen) atoms. The van der Waals surface area contributed by atoms with Gasteiger partial charge in [-0.25, -0.2) is 4.79 Å². The first kappa shape index (κ1) is 58.0. The molecule has 394 valence electrons. The third-order valence-corrected chi connectivity index (χ3v) is 14.4. The minimum absolute atomic E-state index is 0. The largest absolute Gasteiger partial charge is 0.469 e. The average Bonchev–Trinajstić information content (AvgIpc) is 4.18. The number of ether oxygens (including phenoxy) is 9. The number of halogens is 1. The summed E-state index contributed by atoms with van der Waals surface area (Å²) < 4.78 is 49.7. The van der Waals surface area contributed by atoms with Crippen LogP contribution in [0.4, 0.5) is 0 Å². The standard InChI is InChI=1S/2C18H25NO4.C18H23NO4.BrH.H2S.H2/c3*1-13(14-6-4-3-5-7-14)19-16-8-9-18(22-10-11-23-18)12-15(16)17(20)21-2;;;/h2*3-7,13,15-16,19H,8-12H2,1-2H3;3-7,13,19H,8-12H2,1-2H3;1H;1H2;1H/t13-,15+,16?;13-,15+,16-;13-;;;/m111.../s1. The Morgan fingerprint density at radius 1 is 0.549 bits per heavy atom. The van der Waals surface area contributed by atoms with Crippen LogP contribution in [0.15, 0.2) is 102 Å². The molecule has 5 fully saturated rings. The molecule has 3 aliphatic heterocycles. The number of nitrogens with one attached hydrogen (secondary N) is 3. The van der Waals surface area contributed by atoms with Gasteiger partial charge in [0.05, 0.1) is 78.4 Å². The first-order valence-corrected chi connectivity index (χ1v) is 24.6. The fraction of sp³-hybridized carbons (Fsp3) is 0.574.